The molecule has 4 aliphatic rings. The van der Waals surface area contributed by atoms with Gasteiger partial charge in [0.05, 0.1) is 24.7 Å². The third-order valence-electron chi connectivity index (χ3n) is 4.68. The lowest BCUT2D eigenvalue weighted by Gasteiger charge is -2.39. The lowest BCUT2D eigenvalue weighted by atomic mass is 9.82. The van der Waals surface area contributed by atoms with E-state index in [4.69, 9.17) is 4.74 Å². The molecule has 5 rings (SSSR count). The van der Waals surface area contributed by atoms with Crippen molar-refractivity contribution in [1.82, 2.24) is 4.90 Å². The molecule has 0 spiro atoms. The third kappa shape index (κ3) is 1.58. The Morgan fingerprint density at radius 3 is 2.75 bits per heavy atom. The van der Waals surface area contributed by atoms with Crippen LogP contribution in [0.2, 0.25) is 0 Å². The molecule has 0 unspecified atom stereocenters. The Bertz CT molecular complexity index is 556. The van der Waals surface area contributed by atoms with E-state index < -0.39 is 0 Å². The number of aliphatic hydroxyl groups excluding tert-OH is 1. The van der Waals surface area contributed by atoms with Crippen LogP contribution >= 0.6 is 0 Å². The Hall–Kier alpha value is -1.65. The number of hydrogen-bond donors (Lipinski definition) is 1. The van der Waals surface area contributed by atoms with E-state index in [2.05, 4.69) is 12.2 Å². The first-order valence-corrected chi connectivity index (χ1v) is 7.11. The van der Waals surface area contributed by atoms with Crippen molar-refractivity contribution in [3.8, 4) is 0 Å². The highest BCUT2D eigenvalue weighted by Crippen LogP contribution is 2.47. The molecule has 4 heteroatoms. The molecule has 0 aromatic heterocycles. The molecule has 1 aliphatic carbocycles. The predicted octanol–water partition coefficient (Wildman–Crippen LogP) is 1.48. The van der Waals surface area contributed by atoms with Crippen LogP contribution in [0.4, 0.5) is 0 Å². The highest BCUT2D eigenvalue weighted by Gasteiger charge is 2.56. The van der Waals surface area contributed by atoms with Gasteiger partial charge >= 0.3 is 0 Å². The minimum absolute atomic E-state index is 0.0292. The second kappa shape index (κ2) is 4.43. The van der Waals surface area contributed by atoms with Crippen molar-refractivity contribution in [3.05, 3.63) is 48.0 Å². The number of amides is 1. The highest BCUT2D eigenvalue weighted by molar-refractivity contribution is 5.83. The Balaban J connectivity index is 1.71. The van der Waals surface area contributed by atoms with Crippen LogP contribution in [0.3, 0.4) is 0 Å². The maximum atomic E-state index is 12.7. The maximum Gasteiger partial charge on any atom is 0.229 e. The molecule has 3 heterocycles. The number of ether oxygens (including phenoxy) is 1. The maximum absolute atomic E-state index is 12.7. The van der Waals surface area contributed by atoms with Gasteiger partial charge in [-0.25, -0.2) is 0 Å². The summed E-state index contributed by atoms with van der Waals surface area (Å²) in [7, 11) is 0. The van der Waals surface area contributed by atoms with E-state index in [1.54, 1.807) is 4.90 Å². The van der Waals surface area contributed by atoms with Gasteiger partial charge < -0.3 is 14.7 Å². The first-order chi connectivity index (χ1) is 9.79. The molecule has 5 atom stereocenters. The zero-order chi connectivity index (χ0) is 13.7. The summed E-state index contributed by atoms with van der Waals surface area (Å²) in [4.78, 5) is 14.4. The van der Waals surface area contributed by atoms with Crippen molar-refractivity contribution in [2.24, 2.45) is 11.8 Å². The molecule has 0 radical (unpaired) electrons. The van der Waals surface area contributed by atoms with Gasteiger partial charge in [-0.3, -0.25) is 4.79 Å². The zero-order valence-corrected chi connectivity index (χ0v) is 11.1. The van der Waals surface area contributed by atoms with Gasteiger partial charge in [-0.1, -0.05) is 42.5 Å². The lowest BCUT2D eigenvalue weighted by molar-refractivity contribution is -0.146. The second-order valence-electron chi connectivity index (χ2n) is 5.72. The van der Waals surface area contributed by atoms with Crippen molar-refractivity contribution in [2.75, 3.05) is 6.61 Å². The normalized spacial score (nSPS) is 35.6. The third-order valence-corrected chi connectivity index (χ3v) is 4.68. The summed E-state index contributed by atoms with van der Waals surface area (Å²) in [6.07, 6.45) is 4.79. The lowest BCUT2D eigenvalue weighted by Crippen LogP contribution is -2.44. The van der Waals surface area contributed by atoms with Crippen LogP contribution < -0.4 is 0 Å². The second-order valence-corrected chi connectivity index (χ2v) is 5.72. The van der Waals surface area contributed by atoms with Crippen molar-refractivity contribution in [1.29, 1.82) is 0 Å². The van der Waals surface area contributed by atoms with E-state index in [1.165, 1.54) is 0 Å². The van der Waals surface area contributed by atoms with Gasteiger partial charge in [-0.2, -0.15) is 0 Å². The first-order valence-electron chi connectivity index (χ1n) is 7.11. The number of likely N-dealkylation sites (tertiary alicyclic amines) is 1. The smallest absolute Gasteiger partial charge is 0.229 e. The van der Waals surface area contributed by atoms with Crippen molar-refractivity contribution < 1.29 is 14.6 Å². The first kappa shape index (κ1) is 12.1. The summed E-state index contributed by atoms with van der Waals surface area (Å²) >= 11 is 0. The highest BCUT2D eigenvalue weighted by atomic mass is 16.5. The van der Waals surface area contributed by atoms with Crippen LogP contribution in [0, 0.1) is 11.8 Å². The van der Waals surface area contributed by atoms with Crippen LogP contribution in [0.25, 0.3) is 0 Å². The zero-order valence-electron chi connectivity index (χ0n) is 11.1. The molecule has 1 aromatic rings. The number of aliphatic hydroxyl groups is 1. The van der Waals surface area contributed by atoms with Crippen LogP contribution in [0.1, 0.15) is 18.0 Å². The summed E-state index contributed by atoms with van der Waals surface area (Å²) in [6, 6.07) is 9.37. The van der Waals surface area contributed by atoms with E-state index in [0.717, 1.165) is 12.0 Å². The quantitative estimate of drug-likeness (QED) is 0.847. The minimum Gasteiger partial charge on any atom is -0.394 e. The summed E-state index contributed by atoms with van der Waals surface area (Å²) in [6.45, 7) is -0.0799. The fourth-order valence-electron chi connectivity index (χ4n) is 3.73. The summed E-state index contributed by atoms with van der Waals surface area (Å²) in [5.74, 6) is 0.293. The van der Waals surface area contributed by atoms with Crippen LogP contribution in [0.5, 0.6) is 0 Å². The average molecular weight is 271 g/mol. The van der Waals surface area contributed by atoms with Crippen molar-refractivity contribution in [3.63, 3.8) is 0 Å². The van der Waals surface area contributed by atoms with Crippen molar-refractivity contribution >= 4 is 5.91 Å². The molecule has 0 saturated carbocycles. The summed E-state index contributed by atoms with van der Waals surface area (Å²) < 4.78 is 5.97. The fraction of sp³-hybridized carbons (Fsp3) is 0.438. The van der Waals surface area contributed by atoms with E-state index in [1.807, 2.05) is 30.3 Å². The van der Waals surface area contributed by atoms with Gasteiger partial charge in [0.25, 0.3) is 0 Å². The molecular weight excluding hydrogens is 254 g/mol. The van der Waals surface area contributed by atoms with Gasteiger partial charge in [0, 0.05) is 5.92 Å². The van der Waals surface area contributed by atoms with E-state index in [-0.39, 0.29) is 42.7 Å². The van der Waals surface area contributed by atoms with E-state index in [9.17, 15) is 9.90 Å². The van der Waals surface area contributed by atoms with Crippen LogP contribution in [-0.2, 0) is 9.53 Å². The number of rotatable bonds is 3. The molecule has 2 saturated heterocycles. The largest absolute Gasteiger partial charge is 0.394 e. The number of carbonyl (C=O) groups is 1. The van der Waals surface area contributed by atoms with Gasteiger partial charge in [-0.05, 0) is 12.0 Å². The molecule has 1 amide bonds. The average Bonchev–Trinajstić information content (AvgIpc) is 2.71. The number of benzene rings is 1. The SMILES string of the molecule is O=C1[C@H]2C[C@@H]3C=C[C@@H]2[C@@H](O3)N1[C@@H](CO)c1ccccc1. The number of hydrogen-bond acceptors (Lipinski definition) is 3. The topological polar surface area (TPSA) is 49.8 Å². The Labute approximate surface area is 117 Å². The number of carbonyl (C=O) groups excluding carboxylic acids is 1. The standard InChI is InChI=1S/C16H17NO3/c18-9-14(10-4-2-1-3-5-10)17-15(19)13-8-11-6-7-12(13)16(17)20-11/h1-7,11-14,16,18H,8-9H2/t11-,12-,13-,14-,16+/m0/s1. The molecule has 3 aliphatic heterocycles. The Morgan fingerprint density at radius 2 is 2.10 bits per heavy atom. The summed E-state index contributed by atoms with van der Waals surface area (Å²) in [5.41, 5.74) is 0.958. The monoisotopic (exact) mass is 271 g/mol. The summed E-state index contributed by atoms with van der Waals surface area (Å²) in [5, 5.41) is 9.78. The predicted molar refractivity (Wildman–Crippen MR) is 72.5 cm³/mol. The Morgan fingerprint density at radius 1 is 1.30 bits per heavy atom. The Kier molecular flexibility index (Phi) is 2.69. The molecule has 104 valence electrons. The van der Waals surface area contributed by atoms with E-state index in [0.29, 0.717) is 0 Å². The molecule has 20 heavy (non-hydrogen) atoms. The molecule has 4 bridgehead atoms. The molecule has 4 nitrogen and oxygen atoms in total. The molecule has 2 fully saturated rings. The van der Waals surface area contributed by atoms with Gasteiger partial charge in [-0.15, -0.1) is 0 Å². The van der Waals surface area contributed by atoms with E-state index >= 15 is 0 Å². The van der Waals surface area contributed by atoms with Crippen LogP contribution in [-0.4, -0.2) is 34.9 Å². The van der Waals surface area contributed by atoms with Crippen LogP contribution in [0.15, 0.2) is 42.5 Å². The minimum atomic E-state index is -0.313. The van der Waals surface area contributed by atoms with Gasteiger partial charge in [0.2, 0.25) is 5.91 Å². The van der Waals surface area contributed by atoms with Gasteiger partial charge in [0.15, 0.2) is 0 Å². The molecular formula is C16H17NO3. The molecule has 1 N–H and O–H groups in total. The number of nitrogens with zero attached hydrogens (tertiary/aromatic N) is 1. The molecule has 1 aromatic carbocycles. The van der Waals surface area contributed by atoms with Crippen molar-refractivity contribution in [2.45, 2.75) is 24.8 Å². The fourth-order valence-corrected chi connectivity index (χ4v) is 3.73. The van der Waals surface area contributed by atoms with Gasteiger partial charge in [0.1, 0.15) is 6.23 Å².